The minimum Gasteiger partial charge on any atom is -0.352 e. The van der Waals surface area contributed by atoms with Gasteiger partial charge in [0.15, 0.2) is 0 Å². The van der Waals surface area contributed by atoms with Crippen LogP contribution in [0.3, 0.4) is 0 Å². The molecule has 0 radical (unpaired) electrons. The Morgan fingerprint density at radius 1 is 0.953 bits per heavy atom. The second kappa shape index (κ2) is 14.6. The summed E-state index contributed by atoms with van der Waals surface area (Å²) in [5, 5.41) is 3.92. The number of hydrogen-bond donors (Lipinski definition) is 1. The van der Waals surface area contributed by atoms with E-state index in [-0.39, 0.29) is 29.3 Å². The van der Waals surface area contributed by atoms with Crippen LogP contribution in [0.1, 0.15) is 69.9 Å². The first-order valence-electron chi connectivity index (χ1n) is 14.7. The molecule has 1 N–H and O–H groups in total. The van der Waals surface area contributed by atoms with Crippen LogP contribution in [0.5, 0.6) is 0 Å². The number of benzene rings is 3. The number of nitrogens with one attached hydrogen (secondary N) is 1. The molecule has 0 aliphatic heterocycles. The fourth-order valence-corrected chi connectivity index (χ4v) is 7.30. The molecule has 7 nitrogen and oxygen atoms in total. The molecule has 230 valence electrons. The zero-order valence-corrected chi connectivity index (χ0v) is 27.1. The summed E-state index contributed by atoms with van der Waals surface area (Å²) in [6.45, 7) is 5.45. The van der Waals surface area contributed by atoms with Gasteiger partial charge < -0.3 is 10.2 Å². The summed E-state index contributed by atoms with van der Waals surface area (Å²) in [6.07, 6.45) is 4.23. The molecule has 0 spiro atoms. The Kier molecular flexibility index (Phi) is 11.2. The average Bonchev–Trinajstić information content (AvgIpc) is 3.50. The Balaban J connectivity index is 1.73. The first kappa shape index (κ1) is 32.8. The number of anilines is 1. The zero-order valence-electron chi connectivity index (χ0n) is 24.8. The third kappa shape index (κ3) is 8.11. The van der Waals surface area contributed by atoms with Crippen LogP contribution in [0.2, 0.25) is 10.0 Å². The molecule has 0 heterocycles. The molecule has 1 atom stereocenters. The van der Waals surface area contributed by atoms with Crippen LogP contribution in [0.4, 0.5) is 5.69 Å². The lowest BCUT2D eigenvalue weighted by Gasteiger charge is -2.34. The third-order valence-corrected chi connectivity index (χ3v) is 10.3. The van der Waals surface area contributed by atoms with Crippen LogP contribution < -0.4 is 9.62 Å². The van der Waals surface area contributed by atoms with Crippen molar-refractivity contribution in [3.63, 3.8) is 0 Å². The highest BCUT2D eigenvalue weighted by molar-refractivity contribution is 7.92. The van der Waals surface area contributed by atoms with Crippen molar-refractivity contribution in [3.05, 3.63) is 94.0 Å². The molecule has 3 aromatic carbocycles. The van der Waals surface area contributed by atoms with Gasteiger partial charge in [0.1, 0.15) is 12.6 Å². The Labute approximate surface area is 265 Å². The zero-order chi connectivity index (χ0) is 31.1. The van der Waals surface area contributed by atoms with E-state index in [4.69, 9.17) is 23.2 Å². The molecule has 1 aliphatic carbocycles. The van der Waals surface area contributed by atoms with Gasteiger partial charge in [0.05, 0.1) is 10.6 Å². The smallest absolute Gasteiger partial charge is 0.264 e. The second-order valence-corrected chi connectivity index (χ2v) is 13.9. The average molecular weight is 645 g/mol. The maximum absolute atomic E-state index is 14.3. The number of nitrogens with zero attached hydrogens (tertiary/aromatic N) is 2. The van der Waals surface area contributed by atoms with Crippen LogP contribution >= 0.6 is 23.2 Å². The molecular formula is C33H39Cl2N3O4S. The predicted octanol–water partition coefficient (Wildman–Crippen LogP) is 7.18. The van der Waals surface area contributed by atoms with E-state index in [1.54, 1.807) is 48.5 Å². The Morgan fingerprint density at radius 3 is 2.19 bits per heavy atom. The maximum atomic E-state index is 14.3. The van der Waals surface area contributed by atoms with Crippen molar-refractivity contribution < 1.29 is 18.0 Å². The van der Waals surface area contributed by atoms with E-state index in [9.17, 15) is 18.0 Å². The summed E-state index contributed by atoms with van der Waals surface area (Å²) < 4.78 is 29.1. The van der Waals surface area contributed by atoms with Gasteiger partial charge in [-0.3, -0.25) is 13.9 Å². The molecule has 1 saturated carbocycles. The van der Waals surface area contributed by atoms with Crippen molar-refractivity contribution in [1.82, 2.24) is 10.2 Å². The van der Waals surface area contributed by atoms with Gasteiger partial charge in [-0.1, -0.05) is 93.2 Å². The van der Waals surface area contributed by atoms with Gasteiger partial charge in [-0.2, -0.15) is 0 Å². The van der Waals surface area contributed by atoms with Gasteiger partial charge in [0.25, 0.3) is 10.0 Å². The molecule has 4 rings (SSSR count). The SMILES string of the molecule is CC[C@H](C(=O)NC1CCCC1)N(Cc1ccc(Cl)cc1Cl)C(=O)CN(c1ccc(C(C)C)cc1)S(=O)(=O)c1ccccc1. The van der Waals surface area contributed by atoms with E-state index in [0.29, 0.717) is 27.7 Å². The molecule has 0 unspecified atom stereocenters. The number of halogens is 2. The van der Waals surface area contributed by atoms with Crippen molar-refractivity contribution >= 4 is 50.7 Å². The highest BCUT2D eigenvalue weighted by Crippen LogP contribution is 2.28. The molecule has 0 aromatic heterocycles. The molecule has 43 heavy (non-hydrogen) atoms. The van der Waals surface area contributed by atoms with Crippen LogP contribution in [0.25, 0.3) is 0 Å². The summed E-state index contributed by atoms with van der Waals surface area (Å²) in [5.74, 6) is -0.531. The summed E-state index contributed by atoms with van der Waals surface area (Å²) in [6, 6.07) is 19.4. The first-order chi connectivity index (χ1) is 20.5. The van der Waals surface area contributed by atoms with E-state index in [1.165, 1.54) is 17.0 Å². The van der Waals surface area contributed by atoms with Crippen molar-refractivity contribution in [2.24, 2.45) is 0 Å². The maximum Gasteiger partial charge on any atom is 0.264 e. The van der Waals surface area contributed by atoms with E-state index < -0.39 is 28.5 Å². The minimum absolute atomic E-state index is 0.0109. The highest BCUT2D eigenvalue weighted by atomic mass is 35.5. The molecule has 1 aliphatic rings. The normalized spacial score (nSPS) is 14.5. The molecular weight excluding hydrogens is 605 g/mol. The predicted molar refractivity (Wildman–Crippen MR) is 173 cm³/mol. The van der Waals surface area contributed by atoms with Gasteiger partial charge in [0, 0.05) is 22.6 Å². The Hall–Kier alpha value is -3.07. The Morgan fingerprint density at radius 2 is 1.60 bits per heavy atom. The van der Waals surface area contributed by atoms with Crippen molar-refractivity contribution in [2.45, 2.75) is 82.3 Å². The molecule has 0 saturated heterocycles. The van der Waals surface area contributed by atoms with Crippen LogP contribution in [0.15, 0.2) is 77.7 Å². The second-order valence-electron chi connectivity index (χ2n) is 11.2. The summed E-state index contributed by atoms with van der Waals surface area (Å²) >= 11 is 12.6. The Bertz CT molecular complexity index is 1510. The van der Waals surface area contributed by atoms with Gasteiger partial charge >= 0.3 is 0 Å². The molecule has 1 fully saturated rings. The molecule has 10 heteroatoms. The van der Waals surface area contributed by atoms with Crippen LogP contribution in [-0.2, 0) is 26.2 Å². The largest absolute Gasteiger partial charge is 0.352 e. The van der Waals surface area contributed by atoms with Gasteiger partial charge in [-0.25, -0.2) is 8.42 Å². The van der Waals surface area contributed by atoms with Crippen molar-refractivity contribution in [3.8, 4) is 0 Å². The van der Waals surface area contributed by atoms with E-state index in [2.05, 4.69) is 19.2 Å². The number of carbonyl (C=O) groups is 2. The topological polar surface area (TPSA) is 86.8 Å². The number of hydrogen-bond acceptors (Lipinski definition) is 4. The molecule has 3 aromatic rings. The van der Waals surface area contributed by atoms with Crippen LogP contribution in [-0.4, -0.2) is 43.8 Å². The lowest BCUT2D eigenvalue weighted by molar-refractivity contribution is -0.140. The van der Waals surface area contributed by atoms with Gasteiger partial charge in [-0.05, 0) is 72.7 Å². The van der Waals surface area contributed by atoms with E-state index in [0.717, 1.165) is 35.6 Å². The van der Waals surface area contributed by atoms with Gasteiger partial charge in [0.2, 0.25) is 11.8 Å². The molecule has 2 amide bonds. The number of carbonyl (C=O) groups excluding carboxylic acids is 2. The highest BCUT2D eigenvalue weighted by Gasteiger charge is 2.34. The van der Waals surface area contributed by atoms with E-state index >= 15 is 0 Å². The summed E-state index contributed by atoms with van der Waals surface area (Å²) in [7, 11) is -4.13. The monoisotopic (exact) mass is 643 g/mol. The lowest BCUT2D eigenvalue weighted by atomic mass is 10.0. The van der Waals surface area contributed by atoms with Crippen LogP contribution in [0, 0.1) is 0 Å². The first-order valence-corrected chi connectivity index (χ1v) is 16.9. The van der Waals surface area contributed by atoms with Gasteiger partial charge in [-0.15, -0.1) is 0 Å². The summed E-state index contributed by atoms with van der Waals surface area (Å²) in [5.41, 5.74) is 2.00. The summed E-state index contributed by atoms with van der Waals surface area (Å²) in [4.78, 5) is 29.4. The lowest BCUT2D eigenvalue weighted by Crippen LogP contribution is -2.53. The molecule has 0 bridgehead atoms. The number of amides is 2. The standard InChI is InChI=1S/C33H39Cl2N3O4S/c1-4-31(33(40)36-27-10-8-9-11-27)37(21-25-14-17-26(34)20-30(25)35)32(39)22-38(28-18-15-24(16-19-28)23(2)3)43(41,42)29-12-6-5-7-13-29/h5-7,12-20,23,27,31H,4,8-11,21-22H2,1-3H3,(H,36,40)/t31-/m1/s1. The number of sulfonamides is 1. The quantitative estimate of drug-likeness (QED) is 0.226. The number of rotatable bonds is 12. The third-order valence-electron chi connectivity index (χ3n) is 7.90. The van der Waals surface area contributed by atoms with Crippen molar-refractivity contribution in [1.29, 1.82) is 0 Å². The van der Waals surface area contributed by atoms with E-state index in [1.807, 2.05) is 19.1 Å². The fourth-order valence-electron chi connectivity index (χ4n) is 5.39. The van der Waals surface area contributed by atoms with Crippen molar-refractivity contribution in [2.75, 3.05) is 10.8 Å². The minimum atomic E-state index is -4.13. The fraction of sp³-hybridized carbons (Fsp3) is 0.394.